The summed E-state index contributed by atoms with van der Waals surface area (Å²) < 4.78 is 5.80. The van der Waals surface area contributed by atoms with Crippen molar-refractivity contribution >= 4 is 39.3 Å². The minimum Gasteiger partial charge on any atom is -0.338 e. The van der Waals surface area contributed by atoms with Crippen molar-refractivity contribution in [2.75, 3.05) is 5.32 Å². The highest BCUT2D eigenvalue weighted by atomic mass is 79.9. The normalized spacial score (nSPS) is 10.4. The Morgan fingerprint density at radius 3 is 2.78 bits per heavy atom. The molecule has 0 fully saturated rings. The highest BCUT2D eigenvalue weighted by Gasteiger charge is 2.15. The highest BCUT2D eigenvalue weighted by molar-refractivity contribution is 9.10. The van der Waals surface area contributed by atoms with Crippen molar-refractivity contribution in [3.63, 3.8) is 0 Å². The van der Waals surface area contributed by atoms with E-state index in [9.17, 15) is 4.79 Å². The van der Waals surface area contributed by atoms with Crippen LogP contribution in [0.5, 0.6) is 0 Å². The van der Waals surface area contributed by atoms with E-state index in [1.165, 1.54) is 0 Å². The summed E-state index contributed by atoms with van der Waals surface area (Å²) in [5.41, 5.74) is 1.92. The summed E-state index contributed by atoms with van der Waals surface area (Å²) in [6.07, 6.45) is 0. The first-order valence-electron chi connectivity index (χ1n) is 5.18. The summed E-state index contributed by atoms with van der Waals surface area (Å²) in [6, 6.07) is 5.07. The molecule has 0 spiro atoms. The zero-order chi connectivity index (χ0) is 13.3. The quantitative estimate of drug-likeness (QED) is 0.907. The molecule has 2 rings (SSSR count). The SMILES string of the molecule is Cc1noc(NC(=O)c2cc(Br)ccc2Cl)c1C. The fraction of sp³-hybridized carbons (Fsp3) is 0.167. The lowest BCUT2D eigenvalue weighted by atomic mass is 10.2. The van der Waals surface area contributed by atoms with Crippen LogP contribution in [0.1, 0.15) is 21.6 Å². The molecule has 6 heteroatoms. The Balaban J connectivity index is 2.27. The molecular weight excluding hydrogens is 320 g/mol. The van der Waals surface area contributed by atoms with Crippen LogP contribution in [-0.4, -0.2) is 11.1 Å². The predicted molar refractivity (Wildman–Crippen MR) is 73.1 cm³/mol. The van der Waals surface area contributed by atoms with E-state index in [0.29, 0.717) is 16.5 Å². The van der Waals surface area contributed by atoms with E-state index in [1.807, 2.05) is 6.92 Å². The topological polar surface area (TPSA) is 55.1 Å². The smallest absolute Gasteiger partial charge is 0.259 e. The second-order valence-corrected chi connectivity index (χ2v) is 5.12. The second kappa shape index (κ2) is 5.12. The van der Waals surface area contributed by atoms with E-state index >= 15 is 0 Å². The molecule has 2 aromatic rings. The minimum atomic E-state index is -0.333. The number of nitrogens with one attached hydrogen (secondary N) is 1. The lowest BCUT2D eigenvalue weighted by molar-refractivity contribution is 0.102. The molecule has 1 aromatic heterocycles. The molecule has 94 valence electrons. The monoisotopic (exact) mass is 328 g/mol. The Hall–Kier alpha value is -1.33. The van der Waals surface area contributed by atoms with Gasteiger partial charge in [0.25, 0.3) is 5.91 Å². The maximum Gasteiger partial charge on any atom is 0.259 e. The van der Waals surface area contributed by atoms with Crippen molar-refractivity contribution in [2.45, 2.75) is 13.8 Å². The largest absolute Gasteiger partial charge is 0.338 e. The lowest BCUT2D eigenvalue weighted by Gasteiger charge is -2.05. The lowest BCUT2D eigenvalue weighted by Crippen LogP contribution is -2.12. The zero-order valence-corrected chi connectivity index (χ0v) is 12.1. The number of anilines is 1. The summed E-state index contributed by atoms with van der Waals surface area (Å²) in [5.74, 6) is 0.00842. The molecule has 0 bridgehead atoms. The molecule has 0 radical (unpaired) electrons. The van der Waals surface area contributed by atoms with E-state index in [-0.39, 0.29) is 5.91 Å². The molecule has 1 amide bonds. The van der Waals surface area contributed by atoms with E-state index in [0.717, 1.165) is 15.7 Å². The third kappa shape index (κ3) is 2.57. The van der Waals surface area contributed by atoms with Crippen molar-refractivity contribution in [3.05, 3.63) is 44.5 Å². The third-order valence-corrected chi connectivity index (χ3v) is 3.38. The Bertz CT molecular complexity index is 610. The van der Waals surface area contributed by atoms with Gasteiger partial charge in [0.05, 0.1) is 16.3 Å². The van der Waals surface area contributed by atoms with Gasteiger partial charge >= 0.3 is 0 Å². The molecule has 0 aliphatic carbocycles. The molecule has 4 nitrogen and oxygen atoms in total. The average molecular weight is 330 g/mol. The van der Waals surface area contributed by atoms with Crippen molar-refractivity contribution in [1.82, 2.24) is 5.16 Å². The summed E-state index contributed by atoms with van der Waals surface area (Å²) in [7, 11) is 0. The molecule has 18 heavy (non-hydrogen) atoms. The summed E-state index contributed by atoms with van der Waals surface area (Å²) in [6.45, 7) is 3.63. The number of amides is 1. The first-order chi connectivity index (χ1) is 8.49. The molecule has 1 heterocycles. The number of hydrogen-bond acceptors (Lipinski definition) is 3. The zero-order valence-electron chi connectivity index (χ0n) is 9.75. The van der Waals surface area contributed by atoms with Crippen molar-refractivity contribution in [1.29, 1.82) is 0 Å². The van der Waals surface area contributed by atoms with Crippen LogP contribution in [0.3, 0.4) is 0 Å². The summed E-state index contributed by atoms with van der Waals surface area (Å²) >= 11 is 9.27. The number of carbonyl (C=O) groups is 1. The molecule has 0 unspecified atom stereocenters. The van der Waals surface area contributed by atoms with E-state index in [1.54, 1.807) is 25.1 Å². The van der Waals surface area contributed by atoms with E-state index in [4.69, 9.17) is 16.1 Å². The van der Waals surface area contributed by atoms with Gasteiger partial charge in [-0.3, -0.25) is 10.1 Å². The van der Waals surface area contributed by atoms with Gasteiger partial charge in [0.1, 0.15) is 0 Å². The van der Waals surface area contributed by atoms with Gasteiger partial charge in [-0.05, 0) is 32.0 Å². The van der Waals surface area contributed by atoms with Gasteiger partial charge in [-0.15, -0.1) is 0 Å². The van der Waals surface area contributed by atoms with Gasteiger partial charge in [-0.1, -0.05) is 32.7 Å². The number of halogens is 2. The molecule has 1 N–H and O–H groups in total. The molecule has 0 aliphatic heterocycles. The van der Waals surface area contributed by atoms with Crippen molar-refractivity contribution in [2.24, 2.45) is 0 Å². The van der Waals surface area contributed by atoms with Crippen LogP contribution in [0, 0.1) is 13.8 Å². The van der Waals surface area contributed by atoms with Crippen molar-refractivity contribution < 1.29 is 9.32 Å². The van der Waals surface area contributed by atoms with Gasteiger partial charge < -0.3 is 4.52 Å². The Kier molecular flexibility index (Phi) is 3.73. The number of rotatable bonds is 2. The number of hydrogen-bond donors (Lipinski definition) is 1. The number of aromatic nitrogens is 1. The Labute approximate surface area is 117 Å². The van der Waals surface area contributed by atoms with E-state index < -0.39 is 0 Å². The van der Waals surface area contributed by atoms with Crippen molar-refractivity contribution in [3.8, 4) is 0 Å². The fourth-order valence-electron chi connectivity index (χ4n) is 1.37. The van der Waals surface area contributed by atoms with Crippen LogP contribution in [0.25, 0.3) is 0 Å². The van der Waals surface area contributed by atoms with Crippen LogP contribution in [0.2, 0.25) is 5.02 Å². The predicted octanol–water partition coefficient (Wildman–Crippen LogP) is 3.96. The molecule has 1 aromatic carbocycles. The average Bonchev–Trinajstić information content (AvgIpc) is 2.64. The number of nitrogens with zero attached hydrogens (tertiary/aromatic N) is 1. The van der Waals surface area contributed by atoms with E-state index in [2.05, 4.69) is 26.4 Å². The maximum absolute atomic E-state index is 12.0. The summed E-state index contributed by atoms with van der Waals surface area (Å²) in [5, 5.41) is 6.79. The maximum atomic E-state index is 12.0. The van der Waals surface area contributed by atoms with Gasteiger partial charge in [-0.2, -0.15) is 0 Å². The first-order valence-corrected chi connectivity index (χ1v) is 6.35. The number of aryl methyl sites for hydroxylation is 1. The first kappa shape index (κ1) is 13.1. The fourth-order valence-corrected chi connectivity index (χ4v) is 1.94. The number of benzene rings is 1. The highest BCUT2D eigenvalue weighted by Crippen LogP contribution is 2.23. The van der Waals surface area contributed by atoms with Gasteiger partial charge in [0, 0.05) is 10.0 Å². The summed E-state index contributed by atoms with van der Waals surface area (Å²) in [4.78, 5) is 12.0. The third-order valence-electron chi connectivity index (χ3n) is 2.56. The standard InChI is InChI=1S/C12H10BrClN2O2/c1-6-7(2)16-18-12(6)15-11(17)9-5-8(13)3-4-10(9)14/h3-5H,1-2H3,(H,15,17). The molecule has 0 aliphatic rings. The number of carbonyl (C=O) groups excluding carboxylic acids is 1. The molecular formula is C12H10BrClN2O2. The Morgan fingerprint density at radius 2 is 2.17 bits per heavy atom. The van der Waals surface area contributed by atoms with Crippen LogP contribution in [0.4, 0.5) is 5.88 Å². The van der Waals surface area contributed by atoms with Gasteiger partial charge in [0.2, 0.25) is 5.88 Å². The van der Waals surface area contributed by atoms with Crippen LogP contribution >= 0.6 is 27.5 Å². The molecule has 0 saturated heterocycles. The van der Waals surface area contributed by atoms with Crippen LogP contribution < -0.4 is 5.32 Å². The van der Waals surface area contributed by atoms with Gasteiger partial charge in [-0.25, -0.2) is 0 Å². The molecule has 0 atom stereocenters. The van der Waals surface area contributed by atoms with Crippen LogP contribution in [-0.2, 0) is 0 Å². The minimum absolute atomic E-state index is 0.333. The molecule has 0 saturated carbocycles. The Morgan fingerprint density at radius 1 is 1.44 bits per heavy atom. The van der Waals surface area contributed by atoms with Crippen LogP contribution in [0.15, 0.2) is 27.2 Å². The second-order valence-electron chi connectivity index (χ2n) is 3.80. The van der Waals surface area contributed by atoms with Gasteiger partial charge in [0.15, 0.2) is 0 Å².